The second-order valence-corrected chi connectivity index (χ2v) is 9.13. The molecule has 1 fully saturated rings. The van der Waals surface area contributed by atoms with Crippen molar-refractivity contribution in [3.63, 3.8) is 0 Å². The molecule has 6 nitrogen and oxygen atoms in total. The van der Waals surface area contributed by atoms with Crippen molar-refractivity contribution in [2.24, 2.45) is 0 Å². The topological polar surface area (TPSA) is 56.9 Å². The minimum Gasteiger partial charge on any atom is -0.492 e. The van der Waals surface area contributed by atoms with Gasteiger partial charge in [-0.15, -0.1) is 11.3 Å². The van der Waals surface area contributed by atoms with Crippen LogP contribution >= 0.6 is 38.6 Å². The lowest BCUT2D eigenvalue weighted by atomic mass is 10.1. The number of halogens is 1. The van der Waals surface area contributed by atoms with E-state index < -0.39 is 0 Å². The molecule has 0 aliphatic carbocycles. The average molecular weight is 414 g/mol. The summed E-state index contributed by atoms with van der Waals surface area (Å²) in [5, 5.41) is 14.7. The standard InChI is InChI=1S/C14H16BrN5OS2/c1-18-4-6-19(7-5-18)11(9-2-3-10(15)22-9)12-13(21)20-14(23-12)16-8-17-20/h2-3,8,11,21H,4-7H2,1H3/t11-/m1/s1. The molecular weight excluding hydrogens is 398 g/mol. The van der Waals surface area contributed by atoms with E-state index >= 15 is 0 Å². The van der Waals surface area contributed by atoms with Crippen LogP contribution in [-0.2, 0) is 0 Å². The highest BCUT2D eigenvalue weighted by atomic mass is 79.9. The van der Waals surface area contributed by atoms with Gasteiger partial charge < -0.3 is 10.0 Å². The van der Waals surface area contributed by atoms with Gasteiger partial charge in [0.1, 0.15) is 6.33 Å². The maximum absolute atomic E-state index is 10.6. The first kappa shape index (κ1) is 15.5. The molecule has 3 aromatic rings. The van der Waals surface area contributed by atoms with Gasteiger partial charge in [0.15, 0.2) is 0 Å². The normalized spacial score (nSPS) is 18.7. The molecular formula is C14H16BrN5OS2. The highest BCUT2D eigenvalue weighted by molar-refractivity contribution is 9.11. The van der Waals surface area contributed by atoms with Crippen LogP contribution in [0.5, 0.6) is 5.88 Å². The molecule has 0 spiro atoms. The number of thiazole rings is 1. The number of rotatable bonds is 3. The Bertz CT molecular complexity index is 820. The van der Waals surface area contributed by atoms with Crippen molar-refractivity contribution in [3.8, 4) is 5.88 Å². The van der Waals surface area contributed by atoms with E-state index in [-0.39, 0.29) is 11.9 Å². The third-order valence-corrected chi connectivity index (χ3v) is 6.92. The number of thiophene rings is 1. The van der Waals surface area contributed by atoms with Crippen molar-refractivity contribution in [1.82, 2.24) is 24.4 Å². The number of aromatic hydroxyl groups is 1. The van der Waals surface area contributed by atoms with E-state index in [0.717, 1.165) is 39.8 Å². The van der Waals surface area contributed by atoms with Gasteiger partial charge in [0.2, 0.25) is 10.8 Å². The summed E-state index contributed by atoms with van der Waals surface area (Å²) < 4.78 is 2.62. The van der Waals surface area contributed by atoms with Gasteiger partial charge in [-0.05, 0) is 35.1 Å². The summed E-state index contributed by atoms with van der Waals surface area (Å²) in [5.41, 5.74) is 0. The summed E-state index contributed by atoms with van der Waals surface area (Å²) in [7, 11) is 2.15. The SMILES string of the molecule is CN1CCN([C@H](c2ccc(Br)s2)c2sc3ncnn3c2O)CC1. The van der Waals surface area contributed by atoms with Gasteiger partial charge in [-0.25, -0.2) is 4.98 Å². The number of piperazine rings is 1. The molecule has 1 aliphatic heterocycles. The lowest BCUT2D eigenvalue weighted by Gasteiger charge is -2.37. The van der Waals surface area contributed by atoms with Gasteiger partial charge in [-0.2, -0.15) is 9.61 Å². The van der Waals surface area contributed by atoms with Crippen LogP contribution in [0, 0.1) is 0 Å². The van der Waals surface area contributed by atoms with Gasteiger partial charge >= 0.3 is 0 Å². The Morgan fingerprint density at radius 3 is 2.65 bits per heavy atom. The number of hydrogen-bond donors (Lipinski definition) is 1. The third-order valence-electron chi connectivity index (χ3n) is 4.15. The van der Waals surface area contributed by atoms with Crippen LogP contribution in [0.1, 0.15) is 15.8 Å². The Morgan fingerprint density at radius 2 is 2.00 bits per heavy atom. The highest BCUT2D eigenvalue weighted by Gasteiger charge is 2.31. The van der Waals surface area contributed by atoms with E-state index in [2.05, 4.69) is 55.0 Å². The second kappa shape index (κ2) is 6.14. The molecule has 1 N–H and O–H groups in total. The fraction of sp³-hybridized carbons (Fsp3) is 0.429. The summed E-state index contributed by atoms with van der Waals surface area (Å²) >= 11 is 6.78. The molecule has 4 rings (SSSR count). The van der Waals surface area contributed by atoms with Crippen LogP contribution in [0.2, 0.25) is 0 Å². The minimum atomic E-state index is 0.0495. The first-order chi connectivity index (χ1) is 11.1. The molecule has 1 aliphatic rings. The number of nitrogens with zero attached hydrogens (tertiary/aromatic N) is 5. The van der Waals surface area contributed by atoms with E-state index in [1.807, 2.05) is 0 Å². The van der Waals surface area contributed by atoms with E-state index in [9.17, 15) is 5.11 Å². The molecule has 3 aromatic heterocycles. The lowest BCUT2D eigenvalue weighted by molar-refractivity contribution is 0.128. The number of aromatic nitrogens is 3. The fourth-order valence-electron chi connectivity index (χ4n) is 2.90. The summed E-state index contributed by atoms with van der Waals surface area (Å²) in [6.07, 6.45) is 1.47. The fourth-order valence-corrected chi connectivity index (χ4v) is 5.63. The smallest absolute Gasteiger partial charge is 0.230 e. The van der Waals surface area contributed by atoms with Crippen LogP contribution in [0.3, 0.4) is 0 Å². The maximum Gasteiger partial charge on any atom is 0.230 e. The molecule has 0 amide bonds. The van der Waals surface area contributed by atoms with Crippen LogP contribution in [0.25, 0.3) is 4.96 Å². The third kappa shape index (κ3) is 2.80. The van der Waals surface area contributed by atoms with Gasteiger partial charge in [-0.1, -0.05) is 11.3 Å². The lowest BCUT2D eigenvalue weighted by Crippen LogP contribution is -2.45. The summed E-state index contributed by atoms with van der Waals surface area (Å²) in [4.78, 5) is 11.9. The minimum absolute atomic E-state index is 0.0495. The van der Waals surface area contributed by atoms with E-state index in [0.29, 0.717) is 0 Å². The van der Waals surface area contributed by atoms with Crippen LogP contribution in [-0.4, -0.2) is 62.7 Å². The van der Waals surface area contributed by atoms with Crippen molar-refractivity contribution in [3.05, 3.63) is 32.0 Å². The Morgan fingerprint density at radius 1 is 1.22 bits per heavy atom. The number of likely N-dealkylation sites (N-methyl/N-ethyl adjacent to an activating group) is 1. The summed E-state index contributed by atoms with van der Waals surface area (Å²) in [5.74, 6) is 0.205. The Labute approximate surface area is 150 Å². The van der Waals surface area contributed by atoms with Gasteiger partial charge in [-0.3, -0.25) is 4.90 Å². The summed E-state index contributed by atoms with van der Waals surface area (Å²) in [6, 6.07) is 4.25. The zero-order chi connectivity index (χ0) is 16.0. The monoisotopic (exact) mass is 413 g/mol. The largest absolute Gasteiger partial charge is 0.492 e. The van der Waals surface area contributed by atoms with Crippen molar-refractivity contribution in [1.29, 1.82) is 0 Å². The van der Waals surface area contributed by atoms with E-state index in [1.165, 1.54) is 27.1 Å². The molecule has 1 saturated heterocycles. The molecule has 0 bridgehead atoms. The van der Waals surface area contributed by atoms with Crippen LogP contribution in [0.15, 0.2) is 22.2 Å². The zero-order valence-electron chi connectivity index (χ0n) is 12.5. The van der Waals surface area contributed by atoms with Crippen LogP contribution in [0.4, 0.5) is 0 Å². The first-order valence-electron chi connectivity index (χ1n) is 7.32. The Kier molecular flexibility index (Phi) is 4.14. The molecule has 0 aromatic carbocycles. The Balaban J connectivity index is 1.78. The molecule has 0 unspecified atom stereocenters. The van der Waals surface area contributed by atoms with Crippen LogP contribution < -0.4 is 0 Å². The molecule has 122 valence electrons. The van der Waals surface area contributed by atoms with Gasteiger partial charge in [0.05, 0.1) is 14.7 Å². The van der Waals surface area contributed by atoms with Crippen molar-refractivity contribution in [2.45, 2.75) is 6.04 Å². The van der Waals surface area contributed by atoms with Gasteiger partial charge in [0, 0.05) is 31.1 Å². The van der Waals surface area contributed by atoms with Crippen molar-refractivity contribution < 1.29 is 5.11 Å². The Hall–Kier alpha value is -1.00. The van der Waals surface area contributed by atoms with Crippen molar-refractivity contribution >= 4 is 43.6 Å². The molecule has 4 heterocycles. The molecule has 0 radical (unpaired) electrons. The summed E-state index contributed by atoms with van der Waals surface area (Å²) in [6.45, 7) is 4.02. The molecule has 1 atom stereocenters. The second-order valence-electron chi connectivity index (χ2n) is 5.63. The average Bonchev–Trinajstić information content (AvgIpc) is 3.22. The predicted octanol–water partition coefficient (Wildman–Crippen LogP) is 2.66. The number of hydrogen-bond acceptors (Lipinski definition) is 7. The molecule has 9 heteroatoms. The quantitative estimate of drug-likeness (QED) is 0.714. The van der Waals surface area contributed by atoms with E-state index in [1.54, 1.807) is 11.3 Å². The van der Waals surface area contributed by atoms with E-state index in [4.69, 9.17) is 0 Å². The van der Waals surface area contributed by atoms with Crippen molar-refractivity contribution in [2.75, 3.05) is 33.2 Å². The first-order valence-corrected chi connectivity index (χ1v) is 9.75. The maximum atomic E-state index is 10.6. The molecule has 23 heavy (non-hydrogen) atoms. The molecule has 0 saturated carbocycles. The zero-order valence-corrected chi connectivity index (χ0v) is 15.7. The van der Waals surface area contributed by atoms with Gasteiger partial charge in [0.25, 0.3) is 0 Å². The predicted molar refractivity (Wildman–Crippen MR) is 95.5 cm³/mol. The number of fused-ring (bicyclic) bond motifs is 1. The highest BCUT2D eigenvalue weighted by Crippen LogP contribution is 2.42.